The molecule has 0 saturated carbocycles. The smallest absolute Gasteiger partial charge is 0.416 e. The molecule has 0 saturated heterocycles. The molecule has 0 amide bonds. The van der Waals surface area contributed by atoms with Gasteiger partial charge in [-0.05, 0) is 30.3 Å². The molecule has 0 aromatic heterocycles. The van der Waals surface area contributed by atoms with Crippen LogP contribution in [0.2, 0.25) is 10.0 Å². The van der Waals surface area contributed by atoms with Gasteiger partial charge in [0.15, 0.2) is 5.78 Å². The lowest BCUT2D eigenvalue weighted by molar-refractivity contribution is -0.137. The molecule has 1 N–H and O–H groups in total. The second-order valence-electron chi connectivity index (χ2n) is 5.54. The first-order valence-corrected chi connectivity index (χ1v) is 10.1. The average Bonchev–Trinajstić information content (AvgIpc) is 2.64. The molecule has 0 aliphatic heterocycles. The maximum absolute atomic E-state index is 13.2. The standard InChI is InChI=1S/C17H17Cl2F3NO4P/c1-25-15-13(8-11(18)9-14(15)19)16(28(24,26-2)27-3)23-12-6-4-5-10(7-12)17(20,21)22/h4-9,16,23H,1-3H3. The Morgan fingerprint density at radius 3 is 2.25 bits per heavy atom. The average molecular weight is 458 g/mol. The summed E-state index contributed by atoms with van der Waals surface area (Å²) in [4.78, 5) is 0. The van der Waals surface area contributed by atoms with E-state index in [0.717, 1.165) is 26.4 Å². The van der Waals surface area contributed by atoms with Crippen molar-refractivity contribution in [3.63, 3.8) is 0 Å². The van der Waals surface area contributed by atoms with Crippen molar-refractivity contribution in [2.75, 3.05) is 26.6 Å². The van der Waals surface area contributed by atoms with E-state index in [0.29, 0.717) is 0 Å². The Labute approximate surface area is 170 Å². The summed E-state index contributed by atoms with van der Waals surface area (Å²) < 4.78 is 67.6. The SMILES string of the molecule is COc1c(Cl)cc(Cl)cc1C(Nc1cccc(C(F)(F)F)c1)P(=O)(OC)OC. The number of anilines is 1. The predicted molar refractivity (Wildman–Crippen MR) is 102 cm³/mol. The first kappa shape index (κ1) is 22.8. The second-order valence-corrected chi connectivity index (χ2v) is 8.71. The topological polar surface area (TPSA) is 56.8 Å². The number of rotatable bonds is 7. The summed E-state index contributed by atoms with van der Waals surface area (Å²) in [6, 6.07) is 7.23. The third-order valence-electron chi connectivity index (χ3n) is 3.85. The number of ether oxygens (including phenoxy) is 1. The predicted octanol–water partition coefficient (Wildman–Crippen LogP) is 6.62. The number of benzene rings is 2. The van der Waals surface area contributed by atoms with Crippen LogP contribution in [0, 0.1) is 0 Å². The summed E-state index contributed by atoms with van der Waals surface area (Å²) in [6.45, 7) is 0. The van der Waals surface area contributed by atoms with Crippen LogP contribution in [0.1, 0.15) is 16.9 Å². The van der Waals surface area contributed by atoms with Crippen LogP contribution in [-0.4, -0.2) is 21.3 Å². The van der Waals surface area contributed by atoms with Crippen LogP contribution < -0.4 is 10.1 Å². The fourth-order valence-electron chi connectivity index (χ4n) is 2.55. The first-order chi connectivity index (χ1) is 13.1. The quantitative estimate of drug-likeness (QED) is 0.473. The fraction of sp³-hybridized carbons (Fsp3) is 0.294. The van der Waals surface area contributed by atoms with Gasteiger partial charge >= 0.3 is 13.8 Å². The van der Waals surface area contributed by atoms with E-state index >= 15 is 0 Å². The number of alkyl halides is 3. The van der Waals surface area contributed by atoms with E-state index < -0.39 is 25.1 Å². The fourth-order valence-corrected chi connectivity index (χ4v) is 4.55. The van der Waals surface area contributed by atoms with E-state index in [4.69, 9.17) is 37.0 Å². The van der Waals surface area contributed by atoms with Crippen molar-refractivity contribution in [2.45, 2.75) is 12.0 Å². The highest BCUT2D eigenvalue weighted by molar-refractivity contribution is 7.54. The van der Waals surface area contributed by atoms with E-state index in [1.165, 1.54) is 31.4 Å². The molecule has 0 aliphatic rings. The number of nitrogens with one attached hydrogen (secondary N) is 1. The highest BCUT2D eigenvalue weighted by atomic mass is 35.5. The number of methoxy groups -OCH3 is 1. The number of hydrogen-bond acceptors (Lipinski definition) is 5. The molecule has 0 fully saturated rings. The zero-order valence-electron chi connectivity index (χ0n) is 15.0. The summed E-state index contributed by atoms with van der Waals surface area (Å²) in [5.41, 5.74) is -0.645. The van der Waals surface area contributed by atoms with Gasteiger partial charge in [0.25, 0.3) is 0 Å². The van der Waals surface area contributed by atoms with Gasteiger partial charge in [-0.2, -0.15) is 13.2 Å². The molecule has 154 valence electrons. The van der Waals surface area contributed by atoms with Gasteiger partial charge in [0, 0.05) is 30.5 Å². The molecule has 28 heavy (non-hydrogen) atoms. The maximum atomic E-state index is 13.2. The van der Waals surface area contributed by atoms with Gasteiger partial charge in [0.05, 0.1) is 17.7 Å². The highest BCUT2D eigenvalue weighted by Crippen LogP contribution is 2.61. The molecule has 2 rings (SSSR count). The maximum Gasteiger partial charge on any atom is 0.416 e. The van der Waals surface area contributed by atoms with Gasteiger partial charge < -0.3 is 19.1 Å². The minimum absolute atomic E-state index is 0.0345. The molecule has 0 heterocycles. The molecular formula is C17H17Cl2F3NO4P. The van der Waals surface area contributed by atoms with Gasteiger partial charge in [0.1, 0.15) is 5.75 Å². The van der Waals surface area contributed by atoms with Gasteiger partial charge in [0.2, 0.25) is 0 Å². The molecule has 2 aromatic carbocycles. The van der Waals surface area contributed by atoms with Crippen LogP contribution in [0.25, 0.3) is 0 Å². The molecule has 5 nitrogen and oxygen atoms in total. The molecule has 2 aromatic rings. The Hall–Kier alpha value is -1.44. The Bertz CT molecular complexity index is 887. The first-order valence-electron chi connectivity index (χ1n) is 7.73. The zero-order valence-corrected chi connectivity index (χ0v) is 17.4. The monoisotopic (exact) mass is 457 g/mol. The van der Waals surface area contributed by atoms with Crippen molar-refractivity contribution < 1.29 is 31.5 Å². The summed E-state index contributed by atoms with van der Waals surface area (Å²) in [6.07, 6.45) is -4.55. The number of halogens is 5. The summed E-state index contributed by atoms with van der Waals surface area (Å²) in [5, 5.41) is 3.10. The van der Waals surface area contributed by atoms with Gasteiger partial charge in [-0.3, -0.25) is 4.57 Å². The van der Waals surface area contributed by atoms with Crippen molar-refractivity contribution in [2.24, 2.45) is 0 Å². The third kappa shape index (κ3) is 4.93. The van der Waals surface area contributed by atoms with Crippen LogP contribution in [0.3, 0.4) is 0 Å². The molecule has 0 aliphatic carbocycles. The minimum atomic E-state index is -4.55. The van der Waals surface area contributed by atoms with E-state index in [2.05, 4.69) is 5.32 Å². The van der Waals surface area contributed by atoms with Crippen LogP contribution in [0.4, 0.5) is 18.9 Å². The van der Waals surface area contributed by atoms with Crippen LogP contribution >= 0.6 is 30.8 Å². The van der Waals surface area contributed by atoms with E-state index in [9.17, 15) is 17.7 Å². The highest BCUT2D eigenvalue weighted by Gasteiger charge is 2.39. The van der Waals surface area contributed by atoms with E-state index in [1.54, 1.807) is 0 Å². The molecule has 1 unspecified atom stereocenters. The lowest BCUT2D eigenvalue weighted by atomic mass is 10.1. The molecular weight excluding hydrogens is 441 g/mol. The van der Waals surface area contributed by atoms with Crippen molar-refractivity contribution in [3.8, 4) is 5.75 Å². The third-order valence-corrected chi connectivity index (χ3v) is 6.41. The largest absolute Gasteiger partial charge is 0.495 e. The molecule has 0 spiro atoms. The van der Waals surface area contributed by atoms with Gasteiger partial charge in [-0.25, -0.2) is 0 Å². The Kier molecular flexibility index (Phi) is 7.28. The van der Waals surface area contributed by atoms with Crippen LogP contribution in [0.15, 0.2) is 36.4 Å². The lowest BCUT2D eigenvalue weighted by Gasteiger charge is -2.28. The normalized spacial score (nSPS) is 13.3. The second kappa shape index (κ2) is 8.93. The summed E-state index contributed by atoms with van der Waals surface area (Å²) >= 11 is 12.2. The van der Waals surface area contributed by atoms with Crippen LogP contribution in [0.5, 0.6) is 5.75 Å². The van der Waals surface area contributed by atoms with E-state index in [-0.39, 0.29) is 27.0 Å². The molecule has 11 heteroatoms. The molecule has 0 bridgehead atoms. The van der Waals surface area contributed by atoms with Crippen molar-refractivity contribution >= 4 is 36.5 Å². The molecule has 0 radical (unpaired) electrons. The van der Waals surface area contributed by atoms with E-state index in [1.807, 2.05) is 0 Å². The Morgan fingerprint density at radius 1 is 1.07 bits per heavy atom. The van der Waals surface area contributed by atoms with Crippen LogP contribution in [-0.2, 0) is 19.8 Å². The van der Waals surface area contributed by atoms with Gasteiger partial charge in [-0.15, -0.1) is 0 Å². The summed E-state index contributed by atoms with van der Waals surface area (Å²) in [5.74, 6) is -1.12. The minimum Gasteiger partial charge on any atom is -0.495 e. The number of hydrogen-bond donors (Lipinski definition) is 1. The zero-order chi connectivity index (χ0) is 21.1. The lowest BCUT2D eigenvalue weighted by Crippen LogP contribution is -2.15. The Morgan fingerprint density at radius 2 is 1.71 bits per heavy atom. The van der Waals surface area contributed by atoms with Gasteiger partial charge in [-0.1, -0.05) is 29.3 Å². The van der Waals surface area contributed by atoms with Crippen molar-refractivity contribution in [1.29, 1.82) is 0 Å². The summed E-state index contributed by atoms with van der Waals surface area (Å²) in [7, 11) is -0.253. The molecule has 1 atom stereocenters. The van der Waals surface area contributed by atoms with Crippen molar-refractivity contribution in [3.05, 3.63) is 57.6 Å². The van der Waals surface area contributed by atoms with Crippen molar-refractivity contribution in [1.82, 2.24) is 0 Å². The Balaban J connectivity index is 2.62.